The Morgan fingerprint density at radius 2 is 2.11 bits per heavy atom. The molecule has 144 valence electrons. The molecule has 3 heterocycles. The second kappa shape index (κ2) is 9.02. The molecule has 0 spiro atoms. The normalized spacial score (nSPS) is 11.7. The van der Waals surface area contributed by atoms with Crippen LogP contribution in [-0.2, 0) is 25.9 Å². The molecule has 9 nitrogen and oxygen atoms in total. The van der Waals surface area contributed by atoms with Crippen LogP contribution in [-0.4, -0.2) is 32.8 Å². The molecule has 9 heteroatoms. The first kappa shape index (κ1) is 18.7. The fourth-order valence-corrected chi connectivity index (χ4v) is 2.67. The van der Waals surface area contributed by atoms with E-state index >= 15 is 0 Å². The van der Waals surface area contributed by atoms with Gasteiger partial charge in [-0.2, -0.15) is 0 Å². The number of hydrogen-bond donors (Lipinski definition) is 3. The molecule has 3 aromatic rings. The van der Waals surface area contributed by atoms with Crippen LogP contribution in [0.5, 0.6) is 0 Å². The largest absolute Gasteiger partial charge is 0.461 e. The predicted octanol–water partition coefficient (Wildman–Crippen LogP) is 2.43. The Morgan fingerprint density at radius 1 is 1.22 bits per heavy atom. The van der Waals surface area contributed by atoms with Crippen LogP contribution in [0.4, 0.5) is 0 Å². The average molecular weight is 371 g/mol. The Hall–Kier alpha value is -3.10. The van der Waals surface area contributed by atoms with Crippen molar-refractivity contribution in [3.63, 3.8) is 0 Å². The Morgan fingerprint density at radius 3 is 2.81 bits per heavy atom. The first-order chi connectivity index (χ1) is 13.2. The number of nitrogens with one attached hydrogen (secondary N) is 3. The number of hydrogen-bond acceptors (Lipinski definition) is 6. The number of aryl methyl sites for hydroxylation is 2. The van der Waals surface area contributed by atoms with Crippen LogP contribution in [0.3, 0.4) is 0 Å². The van der Waals surface area contributed by atoms with E-state index in [1.165, 1.54) is 0 Å². The summed E-state index contributed by atoms with van der Waals surface area (Å²) >= 11 is 0. The van der Waals surface area contributed by atoms with Gasteiger partial charge in [0, 0.05) is 18.5 Å². The summed E-state index contributed by atoms with van der Waals surface area (Å²) < 4.78 is 10.7. The number of H-pyrrole nitrogens is 1. The summed E-state index contributed by atoms with van der Waals surface area (Å²) in [7, 11) is 0. The van der Waals surface area contributed by atoms with Gasteiger partial charge in [-0.15, -0.1) is 5.10 Å². The summed E-state index contributed by atoms with van der Waals surface area (Å²) in [6.07, 6.45) is 3.22. The van der Waals surface area contributed by atoms with Crippen molar-refractivity contribution in [3.05, 3.63) is 41.2 Å². The van der Waals surface area contributed by atoms with Crippen LogP contribution in [0.2, 0.25) is 0 Å². The number of nitrogens with zero attached hydrogens (tertiary/aromatic N) is 4. The molecule has 0 saturated carbocycles. The minimum atomic E-state index is 0.463. The lowest BCUT2D eigenvalue weighted by atomic mass is 10.1. The summed E-state index contributed by atoms with van der Waals surface area (Å²) in [5.74, 6) is 3.44. The highest BCUT2D eigenvalue weighted by Gasteiger charge is 2.13. The summed E-state index contributed by atoms with van der Waals surface area (Å²) in [6, 6.07) is 3.63. The van der Waals surface area contributed by atoms with Crippen LogP contribution >= 0.6 is 0 Å². The van der Waals surface area contributed by atoms with Crippen LogP contribution in [0, 0.1) is 0 Å². The molecule has 0 atom stereocenters. The third-order valence-corrected chi connectivity index (χ3v) is 4.04. The highest BCUT2D eigenvalue weighted by molar-refractivity contribution is 5.79. The van der Waals surface area contributed by atoms with Gasteiger partial charge >= 0.3 is 0 Å². The molecule has 27 heavy (non-hydrogen) atoms. The number of aromatic nitrogens is 4. The first-order valence-corrected chi connectivity index (χ1v) is 9.18. The standard InChI is InChI=1S/C18H25N7O2/c1-4-13-12(14(5-2)27-25-13)10-20-18(19-6-3)21-11-16-22-17(24-23-16)15-8-7-9-26-15/h7-9H,4-6,10-11H2,1-3H3,(H2,19,20,21)(H,22,23,24). The van der Waals surface area contributed by atoms with E-state index in [-0.39, 0.29) is 0 Å². The Bertz CT molecular complexity index is 843. The maximum Gasteiger partial charge on any atom is 0.216 e. The van der Waals surface area contributed by atoms with Gasteiger partial charge in [0.25, 0.3) is 0 Å². The van der Waals surface area contributed by atoms with Crippen molar-refractivity contribution in [2.75, 3.05) is 6.54 Å². The molecule has 0 fully saturated rings. The van der Waals surface area contributed by atoms with Crippen molar-refractivity contribution in [1.82, 2.24) is 31.0 Å². The number of rotatable bonds is 8. The van der Waals surface area contributed by atoms with Crippen LogP contribution in [0.1, 0.15) is 43.6 Å². The zero-order chi connectivity index (χ0) is 19.1. The number of furan rings is 1. The van der Waals surface area contributed by atoms with Gasteiger partial charge in [-0.3, -0.25) is 5.10 Å². The highest BCUT2D eigenvalue weighted by Crippen LogP contribution is 2.17. The molecule has 0 aliphatic heterocycles. The smallest absolute Gasteiger partial charge is 0.216 e. The minimum Gasteiger partial charge on any atom is -0.461 e. The zero-order valence-corrected chi connectivity index (χ0v) is 15.9. The molecule has 3 N–H and O–H groups in total. The molecule has 0 unspecified atom stereocenters. The van der Waals surface area contributed by atoms with Crippen molar-refractivity contribution < 1.29 is 8.94 Å². The highest BCUT2D eigenvalue weighted by atomic mass is 16.5. The van der Waals surface area contributed by atoms with E-state index in [9.17, 15) is 0 Å². The monoisotopic (exact) mass is 371 g/mol. The molecule has 3 aromatic heterocycles. The molecule has 0 aliphatic carbocycles. The third-order valence-electron chi connectivity index (χ3n) is 4.04. The van der Waals surface area contributed by atoms with Gasteiger partial charge in [-0.25, -0.2) is 9.98 Å². The van der Waals surface area contributed by atoms with Crippen molar-refractivity contribution in [1.29, 1.82) is 0 Å². The lowest BCUT2D eigenvalue weighted by molar-refractivity contribution is 0.380. The second-order valence-corrected chi connectivity index (χ2v) is 5.87. The lowest BCUT2D eigenvalue weighted by Gasteiger charge is -2.10. The zero-order valence-electron chi connectivity index (χ0n) is 15.9. The molecular weight excluding hydrogens is 346 g/mol. The molecule has 0 aromatic carbocycles. The predicted molar refractivity (Wildman–Crippen MR) is 101 cm³/mol. The van der Waals surface area contributed by atoms with Gasteiger partial charge in [-0.05, 0) is 25.5 Å². The number of aliphatic imine (C=N–C) groups is 1. The Labute approximate surface area is 157 Å². The maximum atomic E-state index is 5.40. The lowest BCUT2D eigenvalue weighted by Crippen LogP contribution is -2.37. The van der Waals surface area contributed by atoms with Gasteiger partial charge in [0.15, 0.2) is 11.7 Å². The fourth-order valence-electron chi connectivity index (χ4n) is 2.67. The van der Waals surface area contributed by atoms with Crippen LogP contribution < -0.4 is 10.6 Å². The topological polar surface area (TPSA) is 117 Å². The van der Waals surface area contributed by atoms with Gasteiger partial charge in [0.1, 0.15) is 11.6 Å². The Balaban J connectivity index is 1.65. The molecule has 0 amide bonds. The van der Waals surface area contributed by atoms with Crippen molar-refractivity contribution in [2.24, 2.45) is 4.99 Å². The first-order valence-electron chi connectivity index (χ1n) is 9.18. The molecule has 0 aliphatic rings. The summed E-state index contributed by atoms with van der Waals surface area (Å²) in [5.41, 5.74) is 2.03. The molecule has 3 rings (SSSR count). The van der Waals surface area contributed by atoms with Gasteiger partial charge in [0.2, 0.25) is 5.82 Å². The number of guanidine groups is 1. The van der Waals surface area contributed by atoms with E-state index in [2.05, 4.69) is 49.8 Å². The van der Waals surface area contributed by atoms with Crippen molar-refractivity contribution in [3.8, 4) is 11.6 Å². The summed E-state index contributed by atoms with van der Waals surface area (Å²) in [4.78, 5) is 9.08. The van der Waals surface area contributed by atoms with E-state index in [4.69, 9.17) is 8.94 Å². The van der Waals surface area contributed by atoms with Gasteiger partial charge in [-0.1, -0.05) is 19.0 Å². The average Bonchev–Trinajstić information content (AvgIpc) is 3.43. The van der Waals surface area contributed by atoms with E-state index in [0.717, 1.165) is 36.4 Å². The van der Waals surface area contributed by atoms with Crippen molar-refractivity contribution >= 4 is 5.96 Å². The van der Waals surface area contributed by atoms with E-state index in [0.29, 0.717) is 36.5 Å². The second-order valence-electron chi connectivity index (χ2n) is 5.87. The van der Waals surface area contributed by atoms with E-state index < -0.39 is 0 Å². The van der Waals surface area contributed by atoms with Crippen LogP contribution in [0.15, 0.2) is 32.3 Å². The van der Waals surface area contributed by atoms with Gasteiger partial charge < -0.3 is 19.6 Å². The third kappa shape index (κ3) is 4.55. The minimum absolute atomic E-state index is 0.463. The maximum absolute atomic E-state index is 5.40. The SMILES string of the molecule is CCNC(=NCc1c(CC)noc1CC)NCc1nc(-c2ccco2)n[nH]1. The van der Waals surface area contributed by atoms with E-state index in [1.807, 2.05) is 13.0 Å². The fraction of sp³-hybridized carbons (Fsp3) is 0.444. The summed E-state index contributed by atoms with van der Waals surface area (Å²) in [6.45, 7) is 7.87. The number of aromatic amines is 1. The Kier molecular flexibility index (Phi) is 6.24. The molecule has 0 radical (unpaired) electrons. The molecule has 0 bridgehead atoms. The van der Waals surface area contributed by atoms with Gasteiger partial charge in [0.05, 0.1) is 25.0 Å². The quantitative estimate of drug-likeness (QED) is 0.411. The van der Waals surface area contributed by atoms with E-state index in [1.54, 1.807) is 12.3 Å². The van der Waals surface area contributed by atoms with Crippen molar-refractivity contribution in [2.45, 2.75) is 46.7 Å². The summed E-state index contributed by atoms with van der Waals surface area (Å²) in [5, 5.41) is 17.7. The van der Waals surface area contributed by atoms with Crippen LogP contribution in [0.25, 0.3) is 11.6 Å². The molecular formula is C18H25N7O2. The molecule has 0 saturated heterocycles.